The Bertz CT molecular complexity index is 748. The van der Waals surface area contributed by atoms with Gasteiger partial charge in [0, 0.05) is 48.9 Å². The van der Waals surface area contributed by atoms with Crippen molar-refractivity contribution >= 4 is 29.5 Å². The minimum Gasteiger partial charge on any atom is -0.453 e. The van der Waals surface area contributed by atoms with Crippen LogP contribution in [0.4, 0.5) is 5.69 Å². The second-order valence-electron chi connectivity index (χ2n) is 5.70. The van der Waals surface area contributed by atoms with Gasteiger partial charge in [-0.3, -0.25) is 9.59 Å². The number of carbonyl (C=O) groups excluding carboxylic acids is 2. The molecule has 1 aromatic heterocycles. The lowest BCUT2D eigenvalue weighted by Crippen LogP contribution is -2.48. The number of benzene rings is 1. The highest BCUT2D eigenvalue weighted by Gasteiger charge is 2.23. The van der Waals surface area contributed by atoms with E-state index in [1.54, 1.807) is 12.1 Å². The fourth-order valence-electron chi connectivity index (χ4n) is 2.96. The first-order chi connectivity index (χ1) is 11.6. The molecular weight excluding hydrogens is 328 g/mol. The van der Waals surface area contributed by atoms with Crippen LogP contribution in [0.25, 0.3) is 11.3 Å². The van der Waals surface area contributed by atoms with Crippen molar-refractivity contribution in [1.29, 1.82) is 0 Å². The summed E-state index contributed by atoms with van der Waals surface area (Å²) in [6.45, 7) is 4.79. The van der Waals surface area contributed by atoms with Gasteiger partial charge in [-0.15, -0.1) is 0 Å². The Morgan fingerprint density at radius 1 is 1.21 bits per heavy atom. The summed E-state index contributed by atoms with van der Waals surface area (Å²) in [5.74, 6) is 1.09. The van der Waals surface area contributed by atoms with Crippen LogP contribution in [0, 0.1) is 0 Å². The van der Waals surface area contributed by atoms with E-state index in [1.807, 2.05) is 30.0 Å². The molecule has 1 amide bonds. The van der Waals surface area contributed by atoms with E-state index in [9.17, 15) is 9.59 Å². The van der Waals surface area contributed by atoms with E-state index in [4.69, 9.17) is 16.0 Å². The Morgan fingerprint density at radius 3 is 2.58 bits per heavy atom. The molecule has 0 aliphatic carbocycles. The zero-order valence-electron chi connectivity index (χ0n) is 13.5. The fourth-order valence-corrected chi connectivity index (χ4v) is 3.13. The molecule has 126 valence electrons. The highest BCUT2D eigenvalue weighted by molar-refractivity contribution is 6.31. The number of halogens is 1. The SMILES string of the molecule is CCC(=O)N1CCN(c2ccc(Cl)cc2-c2ccc(C=O)o2)CC1. The predicted molar refractivity (Wildman–Crippen MR) is 93.6 cm³/mol. The molecule has 3 rings (SSSR count). The third-order valence-corrected chi connectivity index (χ3v) is 4.48. The molecule has 0 bridgehead atoms. The summed E-state index contributed by atoms with van der Waals surface area (Å²) < 4.78 is 5.56. The first kappa shape index (κ1) is 16.6. The fraction of sp³-hybridized carbons (Fsp3) is 0.333. The lowest BCUT2D eigenvalue weighted by Gasteiger charge is -2.36. The maximum Gasteiger partial charge on any atom is 0.222 e. The van der Waals surface area contributed by atoms with Gasteiger partial charge >= 0.3 is 0 Å². The number of hydrogen-bond acceptors (Lipinski definition) is 4. The van der Waals surface area contributed by atoms with E-state index in [-0.39, 0.29) is 11.7 Å². The Hall–Kier alpha value is -2.27. The number of carbonyl (C=O) groups is 2. The third kappa shape index (κ3) is 3.31. The quantitative estimate of drug-likeness (QED) is 0.795. The van der Waals surface area contributed by atoms with Gasteiger partial charge in [-0.25, -0.2) is 0 Å². The molecule has 1 aliphatic rings. The van der Waals surface area contributed by atoms with Gasteiger partial charge in [0.25, 0.3) is 0 Å². The summed E-state index contributed by atoms with van der Waals surface area (Å²) in [6, 6.07) is 9.06. The van der Waals surface area contributed by atoms with Crippen molar-refractivity contribution in [3.63, 3.8) is 0 Å². The lowest BCUT2D eigenvalue weighted by atomic mass is 10.1. The van der Waals surface area contributed by atoms with Crippen LogP contribution in [-0.4, -0.2) is 43.3 Å². The first-order valence-corrected chi connectivity index (χ1v) is 8.38. The first-order valence-electron chi connectivity index (χ1n) is 8.00. The number of aldehydes is 1. The van der Waals surface area contributed by atoms with Gasteiger partial charge in [-0.05, 0) is 30.3 Å². The van der Waals surface area contributed by atoms with Crippen LogP contribution >= 0.6 is 11.6 Å². The van der Waals surface area contributed by atoms with E-state index < -0.39 is 0 Å². The number of rotatable bonds is 4. The number of furan rings is 1. The van der Waals surface area contributed by atoms with Crippen molar-refractivity contribution in [2.24, 2.45) is 0 Å². The third-order valence-electron chi connectivity index (χ3n) is 4.24. The smallest absolute Gasteiger partial charge is 0.222 e. The maximum absolute atomic E-state index is 11.8. The van der Waals surface area contributed by atoms with Gasteiger partial charge in [-0.2, -0.15) is 0 Å². The number of hydrogen-bond donors (Lipinski definition) is 0. The molecule has 0 spiro atoms. The molecule has 5 nitrogen and oxygen atoms in total. The van der Waals surface area contributed by atoms with Crippen molar-refractivity contribution in [2.75, 3.05) is 31.1 Å². The average molecular weight is 347 g/mol. The minimum absolute atomic E-state index is 0.188. The topological polar surface area (TPSA) is 53.8 Å². The molecule has 0 radical (unpaired) electrons. The molecule has 0 N–H and O–H groups in total. The zero-order valence-corrected chi connectivity index (χ0v) is 14.3. The van der Waals surface area contributed by atoms with E-state index in [0.717, 1.165) is 24.3 Å². The van der Waals surface area contributed by atoms with Crippen molar-refractivity contribution in [3.05, 3.63) is 41.1 Å². The second kappa shape index (κ2) is 7.09. The van der Waals surface area contributed by atoms with Crippen LogP contribution in [0.5, 0.6) is 0 Å². The number of anilines is 1. The number of piperazine rings is 1. The summed E-state index contributed by atoms with van der Waals surface area (Å²) in [6.07, 6.45) is 1.22. The highest BCUT2D eigenvalue weighted by atomic mass is 35.5. The summed E-state index contributed by atoms with van der Waals surface area (Å²) >= 11 is 6.15. The van der Waals surface area contributed by atoms with Crippen molar-refractivity contribution in [1.82, 2.24) is 4.90 Å². The Kier molecular flexibility index (Phi) is 4.90. The van der Waals surface area contributed by atoms with Crippen molar-refractivity contribution in [3.8, 4) is 11.3 Å². The van der Waals surface area contributed by atoms with Crippen LogP contribution in [0.3, 0.4) is 0 Å². The van der Waals surface area contributed by atoms with Crippen LogP contribution < -0.4 is 4.90 Å². The van der Waals surface area contributed by atoms with Gasteiger partial charge < -0.3 is 14.2 Å². The van der Waals surface area contributed by atoms with E-state index in [0.29, 0.717) is 36.6 Å². The van der Waals surface area contributed by atoms with E-state index in [2.05, 4.69) is 4.90 Å². The summed E-state index contributed by atoms with van der Waals surface area (Å²) in [7, 11) is 0. The molecule has 0 atom stereocenters. The number of amides is 1. The van der Waals surface area contributed by atoms with E-state index >= 15 is 0 Å². The van der Waals surface area contributed by atoms with Gasteiger partial charge in [-0.1, -0.05) is 18.5 Å². The molecule has 1 aliphatic heterocycles. The molecular formula is C18H19ClN2O3. The van der Waals surface area contributed by atoms with Crippen molar-refractivity contribution in [2.45, 2.75) is 13.3 Å². The zero-order chi connectivity index (χ0) is 17.1. The molecule has 1 saturated heterocycles. The monoisotopic (exact) mass is 346 g/mol. The molecule has 1 fully saturated rings. The summed E-state index contributed by atoms with van der Waals surface area (Å²) in [5, 5.41) is 0.609. The predicted octanol–water partition coefficient (Wildman–Crippen LogP) is 3.47. The molecule has 24 heavy (non-hydrogen) atoms. The van der Waals surface area contributed by atoms with Gasteiger partial charge in [0.15, 0.2) is 12.0 Å². The van der Waals surface area contributed by atoms with Crippen LogP contribution in [-0.2, 0) is 4.79 Å². The highest BCUT2D eigenvalue weighted by Crippen LogP contribution is 2.34. The number of nitrogens with zero attached hydrogens (tertiary/aromatic N) is 2. The Balaban J connectivity index is 1.86. The normalized spacial score (nSPS) is 14.8. The van der Waals surface area contributed by atoms with Crippen LogP contribution in [0.1, 0.15) is 23.9 Å². The van der Waals surface area contributed by atoms with Gasteiger partial charge in [0.05, 0.1) is 0 Å². The van der Waals surface area contributed by atoms with Crippen LogP contribution in [0.2, 0.25) is 5.02 Å². The Morgan fingerprint density at radius 2 is 1.96 bits per heavy atom. The molecule has 0 unspecified atom stereocenters. The summed E-state index contributed by atoms with van der Waals surface area (Å²) in [5.41, 5.74) is 1.85. The van der Waals surface area contributed by atoms with E-state index in [1.165, 1.54) is 0 Å². The second-order valence-corrected chi connectivity index (χ2v) is 6.14. The molecule has 2 heterocycles. The molecule has 2 aromatic rings. The summed E-state index contributed by atoms with van der Waals surface area (Å²) in [4.78, 5) is 26.8. The molecule has 0 saturated carbocycles. The minimum atomic E-state index is 0.188. The largest absolute Gasteiger partial charge is 0.453 e. The van der Waals surface area contributed by atoms with Crippen LogP contribution in [0.15, 0.2) is 34.7 Å². The molecule has 6 heteroatoms. The van der Waals surface area contributed by atoms with Crippen molar-refractivity contribution < 1.29 is 14.0 Å². The Labute approximate surface area is 145 Å². The van der Waals surface area contributed by atoms with Gasteiger partial charge in [0.2, 0.25) is 5.91 Å². The standard InChI is InChI=1S/C18H19ClN2O3/c1-2-18(23)21-9-7-20(8-10-21)16-5-3-13(19)11-15(16)17-6-4-14(12-22)24-17/h3-6,11-12H,2,7-10H2,1H3. The lowest BCUT2D eigenvalue weighted by molar-refractivity contribution is -0.131. The average Bonchev–Trinajstić information content (AvgIpc) is 3.10. The molecule has 1 aromatic carbocycles. The van der Waals surface area contributed by atoms with Gasteiger partial charge in [0.1, 0.15) is 5.76 Å². The maximum atomic E-state index is 11.8.